The third-order valence-electron chi connectivity index (χ3n) is 5.38. The SMILES string of the molecule is Cc1cccc(CN2CCCC(C(=O)N3CC(=O)Nc4ccccc43)C2)c1. The van der Waals surface area contributed by atoms with Crippen LogP contribution < -0.4 is 10.2 Å². The van der Waals surface area contributed by atoms with Crippen LogP contribution in [0.5, 0.6) is 0 Å². The number of amides is 2. The Morgan fingerprint density at radius 1 is 1.19 bits per heavy atom. The molecular weight excluding hydrogens is 338 g/mol. The normalized spacial score (nSPS) is 20.1. The zero-order chi connectivity index (χ0) is 18.8. The van der Waals surface area contributed by atoms with Crippen LogP contribution in [0.15, 0.2) is 48.5 Å². The summed E-state index contributed by atoms with van der Waals surface area (Å²) in [4.78, 5) is 29.3. The molecule has 4 rings (SSSR count). The minimum atomic E-state index is -0.130. The summed E-state index contributed by atoms with van der Waals surface area (Å²) in [6.07, 6.45) is 1.88. The molecule has 1 N–H and O–H groups in total. The van der Waals surface area contributed by atoms with Gasteiger partial charge >= 0.3 is 0 Å². The summed E-state index contributed by atoms with van der Waals surface area (Å²) in [7, 11) is 0. The number of benzene rings is 2. The first kappa shape index (κ1) is 17.7. The Morgan fingerprint density at radius 3 is 2.89 bits per heavy atom. The maximum atomic E-state index is 13.2. The fraction of sp³-hybridized carbons (Fsp3) is 0.364. The summed E-state index contributed by atoms with van der Waals surface area (Å²) in [6.45, 7) is 4.82. The monoisotopic (exact) mass is 363 g/mol. The highest BCUT2D eigenvalue weighted by Gasteiger charge is 2.33. The molecule has 0 aromatic heterocycles. The van der Waals surface area contributed by atoms with Crippen molar-refractivity contribution in [2.75, 3.05) is 29.9 Å². The molecule has 2 aliphatic heterocycles. The number of carbonyl (C=O) groups is 2. The fourth-order valence-corrected chi connectivity index (χ4v) is 4.12. The van der Waals surface area contributed by atoms with E-state index in [0.29, 0.717) is 0 Å². The number of carbonyl (C=O) groups excluding carboxylic acids is 2. The Kier molecular flexibility index (Phi) is 4.94. The van der Waals surface area contributed by atoms with Crippen LogP contribution in [0.2, 0.25) is 0 Å². The van der Waals surface area contributed by atoms with Gasteiger partial charge in [-0.25, -0.2) is 0 Å². The highest BCUT2D eigenvalue weighted by molar-refractivity contribution is 6.10. The second-order valence-corrected chi connectivity index (χ2v) is 7.55. The van der Waals surface area contributed by atoms with Gasteiger partial charge in [-0.15, -0.1) is 0 Å². The van der Waals surface area contributed by atoms with Crippen molar-refractivity contribution in [3.8, 4) is 0 Å². The van der Waals surface area contributed by atoms with E-state index in [4.69, 9.17) is 0 Å². The van der Waals surface area contributed by atoms with Gasteiger partial charge in [0, 0.05) is 13.1 Å². The molecule has 140 valence electrons. The van der Waals surface area contributed by atoms with E-state index in [2.05, 4.69) is 41.4 Å². The van der Waals surface area contributed by atoms with Crippen molar-refractivity contribution >= 4 is 23.2 Å². The van der Waals surface area contributed by atoms with Crippen LogP contribution in [0.25, 0.3) is 0 Å². The predicted octanol–water partition coefficient (Wildman–Crippen LogP) is 3.19. The van der Waals surface area contributed by atoms with Crippen molar-refractivity contribution in [3.05, 3.63) is 59.7 Å². The minimum absolute atomic E-state index is 0.0613. The maximum Gasteiger partial charge on any atom is 0.244 e. The van der Waals surface area contributed by atoms with Gasteiger partial charge < -0.3 is 10.2 Å². The molecule has 1 fully saturated rings. The average Bonchev–Trinajstić information content (AvgIpc) is 2.67. The third kappa shape index (κ3) is 3.88. The number of fused-ring (bicyclic) bond motifs is 1. The Morgan fingerprint density at radius 2 is 2.04 bits per heavy atom. The number of para-hydroxylation sites is 2. The van der Waals surface area contributed by atoms with E-state index in [0.717, 1.165) is 43.9 Å². The van der Waals surface area contributed by atoms with Gasteiger partial charge in [-0.3, -0.25) is 14.5 Å². The third-order valence-corrected chi connectivity index (χ3v) is 5.38. The van der Waals surface area contributed by atoms with Crippen LogP contribution in [0.1, 0.15) is 24.0 Å². The summed E-state index contributed by atoms with van der Waals surface area (Å²) in [5, 5.41) is 2.85. The van der Waals surface area contributed by atoms with Crippen LogP contribution in [-0.2, 0) is 16.1 Å². The molecule has 0 radical (unpaired) electrons. The fourth-order valence-electron chi connectivity index (χ4n) is 4.12. The molecule has 27 heavy (non-hydrogen) atoms. The summed E-state index contributed by atoms with van der Waals surface area (Å²) >= 11 is 0. The van der Waals surface area contributed by atoms with Crippen molar-refractivity contribution in [1.29, 1.82) is 0 Å². The van der Waals surface area contributed by atoms with E-state index in [1.807, 2.05) is 24.3 Å². The number of anilines is 2. The standard InChI is InChI=1S/C22H25N3O2/c1-16-6-4-7-17(12-16)13-24-11-5-8-18(14-24)22(27)25-15-21(26)23-19-9-2-3-10-20(19)25/h2-4,6-7,9-10,12,18H,5,8,11,13-15H2,1H3,(H,23,26). The molecule has 2 aromatic carbocycles. The molecule has 0 saturated carbocycles. The minimum Gasteiger partial charge on any atom is -0.323 e. The smallest absolute Gasteiger partial charge is 0.244 e. The number of piperidine rings is 1. The van der Waals surface area contributed by atoms with Gasteiger partial charge in [0.1, 0.15) is 6.54 Å². The molecule has 2 amide bonds. The first-order valence-electron chi connectivity index (χ1n) is 9.58. The summed E-state index contributed by atoms with van der Waals surface area (Å²) in [5.74, 6) is -0.136. The van der Waals surface area contributed by atoms with Crippen LogP contribution in [0, 0.1) is 12.8 Å². The second kappa shape index (κ2) is 7.53. The van der Waals surface area contributed by atoms with Crippen molar-refractivity contribution in [1.82, 2.24) is 4.90 Å². The summed E-state index contributed by atoms with van der Waals surface area (Å²) in [6, 6.07) is 16.1. The Bertz CT molecular complexity index is 864. The Balaban J connectivity index is 1.48. The van der Waals surface area contributed by atoms with Crippen LogP contribution in [0.4, 0.5) is 11.4 Å². The lowest BCUT2D eigenvalue weighted by Crippen LogP contribution is -2.48. The molecule has 2 heterocycles. The molecule has 5 heteroatoms. The van der Waals surface area contributed by atoms with Crippen molar-refractivity contribution in [2.45, 2.75) is 26.3 Å². The van der Waals surface area contributed by atoms with Gasteiger partial charge in [-0.2, -0.15) is 0 Å². The first-order chi connectivity index (χ1) is 13.1. The lowest BCUT2D eigenvalue weighted by Gasteiger charge is -2.36. The molecule has 2 aliphatic rings. The quantitative estimate of drug-likeness (QED) is 0.911. The highest BCUT2D eigenvalue weighted by Crippen LogP contribution is 2.31. The molecule has 0 spiro atoms. The molecule has 1 saturated heterocycles. The summed E-state index contributed by atoms with van der Waals surface area (Å²) < 4.78 is 0. The summed E-state index contributed by atoms with van der Waals surface area (Å²) in [5.41, 5.74) is 4.06. The molecule has 5 nitrogen and oxygen atoms in total. The number of nitrogens with zero attached hydrogens (tertiary/aromatic N) is 2. The molecule has 0 aliphatic carbocycles. The van der Waals surface area contributed by atoms with Gasteiger partial charge in [0.15, 0.2) is 0 Å². The average molecular weight is 363 g/mol. The topological polar surface area (TPSA) is 52.7 Å². The van der Waals surface area contributed by atoms with E-state index >= 15 is 0 Å². The lowest BCUT2D eigenvalue weighted by molar-refractivity contribution is -0.126. The number of hydrogen-bond donors (Lipinski definition) is 1. The Labute approximate surface area is 160 Å². The Hall–Kier alpha value is -2.66. The highest BCUT2D eigenvalue weighted by atomic mass is 16.2. The molecule has 1 atom stereocenters. The van der Waals surface area contributed by atoms with Crippen LogP contribution in [-0.4, -0.2) is 36.3 Å². The molecule has 2 aromatic rings. The van der Waals surface area contributed by atoms with Gasteiger partial charge in [-0.05, 0) is 44.0 Å². The van der Waals surface area contributed by atoms with E-state index < -0.39 is 0 Å². The van der Waals surface area contributed by atoms with Crippen molar-refractivity contribution < 1.29 is 9.59 Å². The van der Waals surface area contributed by atoms with E-state index in [1.165, 1.54) is 11.1 Å². The number of nitrogens with one attached hydrogen (secondary N) is 1. The van der Waals surface area contributed by atoms with Gasteiger partial charge in [0.25, 0.3) is 0 Å². The largest absolute Gasteiger partial charge is 0.323 e. The molecule has 1 unspecified atom stereocenters. The number of aryl methyl sites for hydroxylation is 1. The second-order valence-electron chi connectivity index (χ2n) is 7.55. The number of rotatable bonds is 3. The van der Waals surface area contributed by atoms with Crippen molar-refractivity contribution in [3.63, 3.8) is 0 Å². The molecule has 0 bridgehead atoms. The van der Waals surface area contributed by atoms with Crippen LogP contribution >= 0.6 is 0 Å². The van der Waals surface area contributed by atoms with E-state index in [1.54, 1.807) is 4.90 Å². The zero-order valence-electron chi connectivity index (χ0n) is 15.6. The first-order valence-corrected chi connectivity index (χ1v) is 9.58. The van der Waals surface area contributed by atoms with E-state index in [-0.39, 0.29) is 24.3 Å². The number of likely N-dealkylation sites (tertiary alicyclic amines) is 1. The van der Waals surface area contributed by atoms with Gasteiger partial charge in [0.2, 0.25) is 11.8 Å². The van der Waals surface area contributed by atoms with E-state index in [9.17, 15) is 9.59 Å². The van der Waals surface area contributed by atoms with Crippen molar-refractivity contribution in [2.24, 2.45) is 5.92 Å². The lowest BCUT2D eigenvalue weighted by atomic mass is 9.95. The molecular formula is C22H25N3O2. The van der Waals surface area contributed by atoms with Gasteiger partial charge in [-0.1, -0.05) is 42.0 Å². The number of hydrogen-bond acceptors (Lipinski definition) is 3. The predicted molar refractivity (Wildman–Crippen MR) is 107 cm³/mol. The van der Waals surface area contributed by atoms with Gasteiger partial charge in [0.05, 0.1) is 17.3 Å². The zero-order valence-corrected chi connectivity index (χ0v) is 15.6. The maximum absolute atomic E-state index is 13.2. The van der Waals surface area contributed by atoms with Crippen LogP contribution in [0.3, 0.4) is 0 Å².